The fraction of sp³-hybridized carbons (Fsp3) is 0.269. The summed E-state index contributed by atoms with van der Waals surface area (Å²) in [6, 6.07) is 9.23. The van der Waals surface area contributed by atoms with Crippen molar-refractivity contribution < 1.29 is 35.9 Å². The lowest BCUT2D eigenvalue weighted by atomic mass is 9.82. The Morgan fingerprint density at radius 3 is 2.08 bits per heavy atom. The molecule has 0 aliphatic carbocycles. The molecular weight excluding hydrogens is 554 g/mol. The summed E-state index contributed by atoms with van der Waals surface area (Å²) in [4.78, 5) is 13.0. The summed E-state index contributed by atoms with van der Waals surface area (Å²) in [6.45, 7) is 6.12. The van der Waals surface area contributed by atoms with Crippen LogP contribution in [0.1, 0.15) is 43.9 Å². The number of anilines is 2. The lowest BCUT2D eigenvalue weighted by Gasteiger charge is -2.24. The number of ether oxygens (including phenoxy) is 1. The topological polar surface area (TPSA) is 50.4 Å². The van der Waals surface area contributed by atoms with Gasteiger partial charge >= 0.3 is 18.4 Å². The summed E-state index contributed by atoms with van der Waals surface area (Å²) in [5.74, 6) is 0.0813. The summed E-state index contributed by atoms with van der Waals surface area (Å²) < 4.78 is 85.3. The monoisotopic (exact) mass is 576 g/mol. The molecule has 0 heterocycles. The molecule has 0 fully saturated rings. The van der Waals surface area contributed by atoms with Gasteiger partial charge in [0.05, 0.1) is 21.8 Å². The molecule has 204 valence electrons. The van der Waals surface area contributed by atoms with Crippen molar-refractivity contribution in [3.05, 3.63) is 76.3 Å². The van der Waals surface area contributed by atoms with Crippen molar-refractivity contribution in [2.24, 2.45) is 0 Å². The van der Waals surface area contributed by atoms with Gasteiger partial charge in [0.2, 0.25) is 0 Å². The number of carbonyl (C=O) groups is 1. The molecule has 0 spiro atoms. The first-order chi connectivity index (χ1) is 17.5. The number of benzene rings is 3. The van der Waals surface area contributed by atoms with E-state index in [1.54, 1.807) is 18.2 Å². The summed E-state index contributed by atoms with van der Waals surface area (Å²) in [5, 5.41) is 3.80. The van der Waals surface area contributed by atoms with E-state index >= 15 is 0 Å². The molecule has 0 radical (unpaired) electrons. The molecule has 3 aromatic rings. The van der Waals surface area contributed by atoms with E-state index in [2.05, 4.69) is 23.3 Å². The van der Waals surface area contributed by atoms with Crippen LogP contribution < -0.4 is 15.4 Å². The number of hydrogen-bond donors (Lipinski definition) is 3. The van der Waals surface area contributed by atoms with Gasteiger partial charge in [-0.05, 0) is 65.9 Å². The highest BCUT2D eigenvalue weighted by molar-refractivity contribution is 7.80. The number of hydrogen-bond acceptors (Lipinski definition) is 3. The highest BCUT2D eigenvalue weighted by atomic mass is 35.5. The fourth-order valence-corrected chi connectivity index (χ4v) is 3.83. The largest absolute Gasteiger partial charge is 0.454 e. The molecule has 12 heteroatoms. The molecule has 2 amide bonds. The zero-order valence-electron chi connectivity index (χ0n) is 20.3. The Hall–Kier alpha value is -3.05. The Bertz CT molecular complexity index is 1340. The summed E-state index contributed by atoms with van der Waals surface area (Å²) in [6.07, 6.45) is -8.66. The van der Waals surface area contributed by atoms with E-state index in [0.29, 0.717) is 17.0 Å². The molecule has 4 nitrogen and oxygen atoms in total. The van der Waals surface area contributed by atoms with Crippen molar-refractivity contribution in [3.8, 4) is 11.5 Å². The maximum absolute atomic E-state index is 13.4. The van der Waals surface area contributed by atoms with Gasteiger partial charge in [0.1, 0.15) is 5.75 Å². The number of urea groups is 1. The molecule has 0 atom stereocenters. The zero-order chi connectivity index (χ0) is 28.5. The Kier molecular flexibility index (Phi) is 8.52. The molecule has 0 aromatic heterocycles. The van der Waals surface area contributed by atoms with E-state index in [0.717, 1.165) is 36.2 Å². The van der Waals surface area contributed by atoms with Gasteiger partial charge in [-0.25, -0.2) is 4.79 Å². The van der Waals surface area contributed by atoms with Crippen LogP contribution in [0.3, 0.4) is 0 Å². The van der Waals surface area contributed by atoms with E-state index < -0.39 is 34.5 Å². The van der Waals surface area contributed by atoms with Crippen LogP contribution in [0.15, 0.2) is 59.5 Å². The van der Waals surface area contributed by atoms with Gasteiger partial charge in [-0.2, -0.15) is 26.3 Å². The predicted molar refractivity (Wildman–Crippen MR) is 138 cm³/mol. The smallest absolute Gasteiger partial charge is 0.417 e. The van der Waals surface area contributed by atoms with Gasteiger partial charge < -0.3 is 15.4 Å². The maximum atomic E-state index is 13.4. The average molecular weight is 577 g/mol. The molecule has 3 aromatic carbocycles. The molecule has 0 bridgehead atoms. The number of thiol groups is 1. The van der Waals surface area contributed by atoms with Crippen LogP contribution >= 0.6 is 24.2 Å². The van der Waals surface area contributed by atoms with Crippen molar-refractivity contribution in [2.45, 2.75) is 49.9 Å². The van der Waals surface area contributed by atoms with Gasteiger partial charge in [-0.15, -0.1) is 12.6 Å². The minimum Gasteiger partial charge on any atom is -0.454 e. The Morgan fingerprint density at radius 2 is 1.50 bits per heavy atom. The van der Waals surface area contributed by atoms with Gasteiger partial charge in [0.25, 0.3) is 0 Å². The molecule has 0 unspecified atom stereocenters. The third kappa shape index (κ3) is 7.08. The van der Waals surface area contributed by atoms with Crippen LogP contribution in [0.25, 0.3) is 0 Å². The molecule has 38 heavy (non-hydrogen) atoms. The van der Waals surface area contributed by atoms with E-state index in [9.17, 15) is 31.1 Å². The van der Waals surface area contributed by atoms with Crippen LogP contribution in [-0.2, 0) is 17.8 Å². The number of carbonyl (C=O) groups excluding carboxylic acids is 1. The second-order valence-electron chi connectivity index (χ2n) is 9.00. The normalized spacial score (nSPS) is 12.3. The number of rotatable bonds is 6. The van der Waals surface area contributed by atoms with Crippen LogP contribution in [0, 0.1) is 0 Å². The maximum Gasteiger partial charge on any atom is 0.417 e. The number of halogens is 7. The molecule has 0 aliphatic heterocycles. The fourth-order valence-electron chi connectivity index (χ4n) is 3.35. The van der Waals surface area contributed by atoms with Crippen molar-refractivity contribution in [3.63, 3.8) is 0 Å². The standard InChI is InChI=1S/C26H23ClF6N2O2S/c1-4-24(2,3)14-5-10-21(22(38)12-14)37-20-9-6-15(25(28,29)30)11-19(20)35-23(36)34-16-7-8-18(27)17(13-16)26(31,32)33/h5-13,38H,4H2,1-3H3,(H2,34,35,36). The van der Waals surface area contributed by atoms with E-state index in [4.69, 9.17) is 16.3 Å². The summed E-state index contributed by atoms with van der Waals surface area (Å²) in [7, 11) is 0. The number of amides is 2. The molecule has 0 aliphatic rings. The first-order valence-corrected chi connectivity index (χ1v) is 12.0. The van der Waals surface area contributed by atoms with Crippen LogP contribution in [-0.4, -0.2) is 6.03 Å². The Balaban J connectivity index is 1.91. The second kappa shape index (κ2) is 11.0. The van der Waals surface area contributed by atoms with Gasteiger partial charge in [-0.3, -0.25) is 0 Å². The van der Waals surface area contributed by atoms with E-state index in [1.807, 2.05) is 20.8 Å². The third-order valence-electron chi connectivity index (χ3n) is 5.93. The van der Waals surface area contributed by atoms with Gasteiger partial charge in [-0.1, -0.05) is 38.4 Å². The third-order valence-corrected chi connectivity index (χ3v) is 6.61. The van der Waals surface area contributed by atoms with Crippen molar-refractivity contribution in [1.29, 1.82) is 0 Å². The highest BCUT2D eigenvalue weighted by Crippen LogP contribution is 2.40. The van der Waals surface area contributed by atoms with Gasteiger partial charge in [0, 0.05) is 10.6 Å². The summed E-state index contributed by atoms with van der Waals surface area (Å²) >= 11 is 10.0. The Labute approximate surface area is 225 Å². The number of nitrogens with one attached hydrogen (secondary N) is 2. The molecule has 0 saturated heterocycles. The molecule has 0 saturated carbocycles. The van der Waals surface area contributed by atoms with Crippen LogP contribution in [0.5, 0.6) is 11.5 Å². The second-order valence-corrected chi connectivity index (χ2v) is 9.89. The molecule has 2 N–H and O–H groups in total. The van der Waals surface area contributed by atoms with E-state index in [1.165, 1.54) is 0 Å². The SMILES string of the molecule is CCC(C)(C)c1ccc(Oc2ccc(C(F)(F)F)cc2NC(=O)Nc2ccc(Cl)c(C(F)(F)F)c2)c(S)c1. The minimum absolute atomic E-state index is 0.141. The first kappa shape index (κ1) is 29.5. The molecule has 3 rings (SSSR count). The quantitative estimate of drug-likeness (QED) is 0.202. The van der Waals surface area contributed by atoms with Crippen molar-refractivity contribution >= 4 is 41.6 Å². The number of alkyl halides is 6. The van der Waals surface area contributed by atoms with E-state index in [-0.39, 0.29) is 28.3 Å². The average Bonchev–Trinajstić information content (AvgIpc) is 2.81. The summed E-state index contributed by atoms with van der Waals surface area (Å²) in [5.41, 5.74) is -2.08. The van der Waals surface area contributed by atoms with Crippen LogP contribution in [0.4, 0.5) is 42.5 Å². The predicted octanol–water partition coefficient (Wildman–Crippen LogP) is 9.79. The minimum atomic E-state index is -4.78. The lowest BCUT2D eigenvalue weighted by molar-refractivity contribution is -0.138. The lowest BCUT2D eigenvalue weighted by Crippen LogP contribution is -2.21. The van der Waals surface area contributed by atoms with Crippen molar-refractivity contribution in [1.82, 2.24) is 0 Å². The van der Waals surface area contributed by atoms with Crippen molar-refractivity contribution in [2.75, 3.05) is 10.6 Å². The van der Waals surface area contributed by atoms with Gasteiger partial charge in [0.15, 0.2) is 5.75 Å². The highest BCUT2D eigenvalue weighted by Gasteiger charge is 2.34. The Morgan fingerprint density at radius 1 is 0.868 bits per heavy atom. The molecular formula is C26H23ClF6N2O2S. The van der Waals surface area contributed by atoms with Crippen LogP contribution in [0.2, 0.25) is 5.02 Å². The first-order valence-electron chi connectivity index (χ1n) is 11.2. The zero-order valence-corrected chi connectivity index (χ0v) is 22.0.